The lowest BCUT2D eigenvalue weighted by atomic mass is 9.96. The van der Waals surface area contributed by atoms with Gasteiger partial charge in [-0.05, 0) is 52.9 Å². The Morgan fingerprint density at radius 2 is 0.940 bits per heavy atom. The van der Waals surface area contributed by atoms with E-state index < -0.39 is 0 Å². The van der Waals surface area contributed by atoms with Crippen molar-refractivity contribution in [1.29, 1.82) is 0 Å². The molecule has 0 unspecified atom stereocenters. The predicted octanol–water partition coefficient (Wildman–Crippen LogP) is 11.0. The maximum atomic E-state index is 5.20. The van der Waals surface area contributed by atoms with Gasteiger partial charge in [0.05, 0.1) is 28.3 Å². The first-order chi connectivity index (χ1) is 24.8. The second-order valence-corrected chi connectivity index (χ2v) is 12.1. The van der Waals surface area contributed by atoms with Crippen molar-refractivity contribution in [1.82, 2.24) is 24.9 Å². The van der Waals surface area contributed by atoms with Gasteiger partial charge in [0, 0.05) is 39.2 Å². The monoisotopic (exact) mass is 639 g/mol. The number of nitrogens with zero attached hydrogens (tertiary/aromatic N) is 5. The predicted molar refractivity (Wildman–Crippen MR) is 203 cm³/mol. The number of hydrogen-bond donors (Lipinski definition) is 0. The number of hydrogen-bond acceptors (Lipinski definition) is 5. The molecule has 0 aliphatic carbocycles. The van der Waals surface area contributed by atoms with Crippen molar-refractivity contribution in [2.45, 2.75) is 0 Å². The van der Waals surface area contributed by atoms with Gasteiger partial charge in [0.15, 0.2) is 11.6 Å². The van der Waals surface area contributed by atoms with Crippen LogP contribution in [0.3, 0.4) is 0 Å². The second-order valence-electron chi connectivity index (χ2n) is 12.1. The van der Waals surface area contributed by atoms with Gasteiger partial charge in [-0.25, -0.2) is 19.9 Å². The molecule has 9 aromatic rings. The normalized spacial score (nSPS) is 11.2. The zero-order valence-corrected chi connectivity index (χ0v) is 27.0. The number of pyridine rings is 1. The number of aromatic nitrogens is 5. The summed E-state index contributed by atoms with van der Waals surface area (Å²) in [6.07, 6.45) is 1.79. The largest absolute Gasteiger partial charge is 0.255 e. The third-order valence-corrected chi connectivity index (χ3v) is 8.94. The van der Waals surface area contributed by atoms with Crippen molar-refractivity contribution >= 4 is 21.7 Å². The standard InChI is InChI=1S/C45H29N5/c1-4-13-31(14-5-1)40-29-41(39-21-10-11-26-46-39)48-45(47-40)36-20-12-19-34(27-36)35-23-22-30-24-25-37-42(32-15-6-2-7-16-32)49-44(33-17-8-3-9-18-33)50-43(37)38(30)28-35/h1-29H. The van der Waals surface area contributed by atoms with E-state index >= 15 is 0 Å². The van der Waals surface area contributed by atoms with Gasteiger partial charge in [0.2, 0.25) is 0 Å². The Morgan fingerprint density at radius 1 is 0.320 bits per heavy atom. The third-order valence-electron chi connectivity index (χ3n) is 8.94. The van der Waals surface area contributed by atoms with Crippen LogP contribution in [-0.4, -0.2) is 24.9 Å². The number of rotatable bonds is 6. The molecule has 0 aliphatic heterocycles. The molecule has 0 N–H and O–H groups in total. The minimum absolute atomic E-state index is 0.646. The fourth-order valence-electron chi connectivity index (χ4n) is 6.44. The molecule has 5 heteroatoms. The average molecular weight is 640 g/mol. The van der Waals surface area contributed by atoms with E-state index in [1.807, 2.05) is 66.7 Å². The van der Waals surface area contributed by atoms with Gasteiger partial charge in [-0.15, -0.1) is 0 Å². The highest BCUT2D eigenvalue weighted by atomic mass is 14.9. The van der Waals surface area contributed by atoms with E-state index in [0.29, 0.717) is 11.6 Å². The van der Waals surface area contributed by atoms with Crippen molar-refractivity contribution in [3.63, 3.8) is 0 Å². The minimum Gasteiger partial charge on any atom is -0.255 e. The Hall–Kier alpha value is -6.85. The SMILES string of the molecule is c1ccc(-c2cc(-c3ccccn3)nc(-c3cccc(-c4ccc5ccc6c(-c7ccccc7)nc(-c7ccccc7)nc6c5c4)c3)n2)cc1. The Labute approximate surface area is 289 Å². The number of benzene rings is 6. The molecule has 3 heterocycles. The molecule has 0 fully saturated rings. The fourth-order valence-corrected chi connectivity index (χ4v) is 6.44. The molecule has 5 nitrogen and oxygen atoms in total. The van der Waals surface area contributed by atoms with Crippen molar-refractivity contribution in [3.8, 4) is 67.8 Å². The van der Waals surface area contributed by atoms with Crippen LogP contribution >= 0.6 is 0 Å². The molecule has 0 saturated carbocycles. The van der Waals surface area contributed by atoms with Gasteiger partial charge in [-0.1, -0.05) is 133 Å². The Morgan fingerprint density at radius 3 is 1.70 bits per heavy atom. The quantitative estimate of drug-likeness (QED) is 0.169. The first kappa shape index (κ1) is 29.3. The Kier molecular flexibility index (Phi) is 7.41. The van der Waals surface area contributed by atoms with Gasteiger partial charge >= 0.3 is 0 Å². The van der Waals surface area contributed by atoms with E-state index in [-0.39, 0.29) is 0 Å². The summed E-state index contributed by atoms with van der Waals surface area (Å²) in [4.78, 5) is 24.9. The maximum Gasteiger partial charge on any atom is 0.160 e. The highest BCUT2D eigenvalue weighted by molar-refractivity contribution is 6.10. The summed E-state index contributed by atoms with van der Waals surface area (Å²) < 4.78 is 0. The summed E-state index contributed by atoms with van der Waals surface area (Å²) in [5.41, 5.74) is 10.4. The second kappa shape index (κ2) is 12.6. The molecule has 0 amide bonds. The lowest BCUT2D eigenvalue weighted by molar-refractivity contribution is 1.16. The minimum atomic E-state index is 0.646. The van der Waals surface area contributed by atoms with Gasteiger partial charge < -0.3 is 0 Å². The molecule has 3 aromatic heterocycles. The topological polar surface area (TPSA) is 64.5 Å². The molecule has 0 aliphatic rings. The Bertz CT molecular complexity index is 2570. The van der Waals surface area contributed by atoms with Gasteiger partial charge in [-0.3, -0.25) is 4.98 Å². The summed E-state index contributed by atoms with van der Waals surface area (Å²) in [5.74, 6) is 1.35. The molecule has 0 bridgehead atoms. The molecule has 9 rings (SSSR count). The first-order valence-electron chi connectivity index (χ1n) is 16.6. The molecule has 0 radical (unpaired) electrons. The van der Waals surface area contributed by atoms with Crippen LogP contribution in [0.15, 0.2) is 176 Å². The molecule has 50 heavy (non-hydrogen) atoms. The molecular weight excluding hydrogens is 611 g/mol. The van der Waals surface area contributed by atoms with Gasteiger partial charge in [0.1, 0.15) is 0 Å². The van der Waals surface area contributed by atoms with E-state index in [0.717, 1.165) is 77.8 Å². The smallest absolute Gasteiger partial charge is 0.160 e. The van der Waals surface area contributed by atoms with Crippen LogP contribution in [0.5, 0.6) is 0 Å². The van der Waals surface area contributed by atoms with Crippen LogP contribution in [0.25, 0.3) is 89.5 Å². The molecule has 0 saturated heterocycles. The molecule has 234 valence electrons. The fraction of sp³-hybridized carbons (Fsp3) is 0. The number of fused-ring (bicyclic) bond motifs is 3. The molecule has 0 atom stereocenters. The highest BCUT2D eigenvalue weighted by Crippen LogP contribution is 2.36. The highest BCUT2D eigenvalue weighted by Gasteiger charge is 2.16. The van der Waals surface area contributed by atoms with Crippen LogP contribution in [0.4, 0.5) is 0 Å². The van der Waals surface area contributed by atoms with Gasteiger partial charge in [0.25, 0.3) is 0 Å². The van der Waals surface area contributed by atoms with Crippen LogP contribution in [-0.2, 0) is 0 Å². The maximum absolute atomic E-state index is 5.20. The zero-order valence-electron chi connectivity index (χ0n) is 27.0. The van der Waals surface area contributed by atoms with Crippen LogP contribution in [0.2, 0.25) is 0 Å². The summed E-state index contributed by atoms with van der Waals surface area (Å²) >= 11 is 0. The van der Waals surface area contributed by atoms with E-state index in [1.54, 1.807) is 6.20 Å². The summed E-state index contributed by atoms with van der Waals surface area (Å²) in [7, 11) is 0. The van der Waals surface area contributed by atoms with Crippen LogP contribution in [0, 0.1) is 0 Å². The molecule has 0 spiro atoms. The Balaban J connectivity index is 1.20. The van der Waals surface area contributed by atoms with Crippen molar-refractivity contribution in [3.05, 3.63) is 176 Å². The summed E-state index contributed by atoms with van der Waals surface area (Å²) in [5, 5.41) is 3.21. The molecule has 6 aromatic carbocycles. The van der Waals surface area contributed by atoms with Crippen LogP contribution in [0.1, 0.15) is 0 Å². The van der Waals surface area contributed by atoms with Crippen molar-refractivity contribution in [2.75, 3.05) is 0 Å². The van der Waals surface area contributed by atoms with E-state index in [2.05, 4.69) is 108 Å². The summed E-state index contributed by atoms with van der Waals surface area (Å²) in [6.45, 7) is 0. The van der Waals surface area contributed by atoms with E-state index in [9.17, 15) is 0 Å². The van der Waals surface area contributed by atoms with E-state index in [4.69, 9.17) is 19.9 Å². The van der Waals surface area contributed by atoms with Gasteiger partial charge in [-0.2, -0.15) is 0 Å². The third kappa shape index (κ3) is 5.57. The van der Waals surface area contributed by atoms with Crippen molar-refractivity contribution in [2.24, 2.45) is 0 Å². The lowest BCUT2D eigenvalue weighted by Crippen LogP contribution is -1.97. The van der Waals surface area contributed by atoms with Crippen LogP contribution < -0.4 is 0 Å². The van der Waals surface area contributed by atoms with Crippen molar-refractivity contribution < 1.29 is 0 Å². The summed E-state index contributed by atoms with van der Waals surface area (Å²) in [6, 6.07) is 58.0. The first-order valence-corrected chi connectivity index (χ1v) is 16.6. The lowest BCUT2D eigenvalue weighted by Gasteiger charge is -2.13. The zero-order chi connectivity index (χ0) is 33.3. The average Bonchev–Trinajstić information content (AvgIpc) is 3.21. The molecular formula is C45H29N5. The van der Waals surface area contributed by atoms with E-state index in [1.165, 1.54) is 0 Å².